The topological polar surface area (TPSA) is 49.4 Å². The van der Waals surface area contributed by atoms with E-state index in [9.17, 15) is 9.59 Å². The predicted octanol–water partition coefficient (Wildman–Crippen LogP) is 2.20. The molecule has 1 aliphatic rings. The smallest absolute Gasteiger partial charge is 0.222 e. The minimum absolute atomic E-state index is 0.124. The van der Waals surface area contributed by atoms with Gasteiger partial charge in [0.05, 0.1) is 0 Å². The quantitative estimate of drug-likeness (QED) is 0.905. The van der Waals surface area contributed by atoms with E-state index in [2.05, 4.69) is 11.4 Å². The van der Waals surface area contributed by atoms with Crippen molar-refractivity contribution in [3.8, 4) is 0 Å². The fraction of sp³-hybridized carbons (Fsp3) is 0.600. The van der Waals surface area contributed by atoms with Crippen LogP contribution in [0.3, 0.4) is 0 Å². The van der Waals surface area contributed by atoms with Gasteiger partial charge in [0.1, 0.15) is 0 Å². The van der Waals surface area contributed by atoms with Crippen LogP contribution < -0.4 is 5.32 Å². The van der Waals surface area contributed by atoms with Gasteiger partial charge < -0.3 is 10.2 Å². The molecule has 5 heteroatoms. The van der Waals surface area contributed by atoms with Crippen molar-refractivity contribution in [3.63, 3.8) is 0 Å². The summed E-state index contributed by atoms with van der Waals surface area (Å²) in [5.74, 6) is 0.339. The number of nitrogens with zero attached hydrogens (tertiary/aromatic N) is 1. The third kappa shape index (κ3) is 4.34. The number of thiophene rings is 1. The van der Waals surface area contributed by atoms with Crippen molar-refractivity contribution >= 4 is 23.2 Å². The average Bonchev–Trinajstić information content (AvgIpc) is 2.98. The monoisotopic (exact) mass is 294 g/mol. The minimum atomic E-state index is 0.124. The molecule has 2 heterocycles. The molecule has 20 heavy (non-hydrogen) atoms. The Labute approximate surface area is 124 Å². The van der Waals surface area contributed by atoms with E-state index in [0.29, 0.717) is 12.8 Å². The number of amides is 2. The largest absolute Gasteiger partial charge is 0.353 e. The highest BCUT2D eigenvalue weighted by molar-refractivity contribution is 7.09. The molecular weight excluding hydrogens is 272 g/mol. The fourth-order valence-corrected chi connectivity index (χ4v) is 3.20. The van der Waals surface area contributed by atoms with Crippen molar-refractivity contribution in [2.75, 3.05) is 13.1 Å². The zero-order chi connectivity index (χ0) is 14.4. The van der Waals surface area contributed by atoms with Crippen molar-refractivity contribution in [1.29, 1.82) is 0 Å². The van der Waals surface area contributed by atoms with Crippen LogP contribution in [-0.2, 0) is 16.0 Å². The summed E-state index contributed by atoms with van der Waals surface area (Å²) in [5, 5.41) is 5.12. The molecule has 0 saturated carbocycles. The zero-order valence-electron chi connectivity index (χ0n) is 11.9. The molecule has 2 amide bonds. The Kier molecular flexibility index (Phi) is 5.59. The molecule has 1 fully saturated rings. The summed E-state index contributed by atoms with van der Waals surface area (Å²) in [5.41, 5.74) is 0. The van der Waals surface area contributed by atoms with E-state index in [-0.39, 0.29) is 17.9 Å². The van der Waals surface area contributed by atoms with Gasteiger partial charge in [-0.05, 0) is 30.7 Å². The lowest BCUT2D eigenvalue weighted by atomic mass is 10.0. The third-order valence-electron chi connectivity index (χ3n) is 3.69. The van der Waals surface area contributed by atoms with Crippen molar-refractivity contribution in [1.82, 2.24) is 10.2 Å². The summed E-state index contributed by atoms with van der Waals surface area (Å²) >= 11 is 1.69. The highest BCUT2D eigenvalue weighted by Gasteiger charge is 2.22. The highest BCUT2D eigenvalue weighted by atomic mass is 32.1. The predicted molar refractivity (Wildman–Crippen MR) is 80.7 cm³/mol. The minimum Gasteiger partial charge on any atom is -0.353 e. The first-order valence-corrected chi connectivity index (χ1v) is 8.16. The van der Waals surface area contributed by atoms with Crippen molar-refractivity contribution in [3.05, 3.63) is 22.4 Å². The van der Waals surface area contributed by atoms with Gasteiger partial charge in [0.25, 0.3) is 0 Å². The molecule has 0 radical (unpaired) electrons. The number of carbonyl (C=O) groups excluding carboxylic acids is 2. The van der Waals surface area contributed by atoms with Gasteiger partial charge >= 0.3 is 0 Å². The first-order valence-electron chi connectivity index (χ1n) is 7.28. The molecule has 110 valence electrons. The Bertz CT molecular complexity index is 437. The van der Waals surface area contributed by atoms with Crippen LogP contribution in [0.1, 0.15) is 37.5 Å². The van der Waals surface area contributed by atoms with E-state index in [1.165, 1.54) is 4.88 Å². The summed E-state index contributed by atoms with van der Waals surface area (Å²) in [6.45, 7) is 3.42. The van der Waals surface area contributed by atoms with Gasteiger partial charge in [0, 0.05) is 36.9 Å². The number of hydrogen-bond acceptors (Lipinski definition) is 3. The molecule has 4 nitrogen and oxygen atoms in total. The molecule has 1 aliphatic heterocycles. The number of nitrogens with one attached hydrogen (secondary N) is 1. The lowest BCUT2D eigenvalue weighted by molar-refractivity contribution is -0.132. The van der Waals surface area contributed by atoms with Crippen LogP contribution in [0.15, 0.2) is 17.5 Å². The molecule has 1 aromatic rings. The maximum atomic E-state index is 11.9. The van der Waals surface area contributed by atoms with Crippen LogP contribution in [0.4, 0.5) is 0 Å². The van der Waals surface area contributed by atoms with Crippen LogP contribution >= 0.6 is 11.3 Å². The molecule has 0 atom stereocenters. The third-order valence-corrected chi connectivity index (χ3v) is 4.63. The Morgan fingerprint density at radius 2 is 2.15 bits per heavy atom. The van der Waals surface area contributed by atoms with Gasteiger partial charge in [0.2, 0.25) is 11.8 Å². The number of piperidine rings is 1. The molecule has 1 aromatic heterocycles. The molecule has 0 aromatic carbocycles. The maximum Gasteiger partial charge on any atom is 0.222 e. The summed E-state index contributed by atoms with van der Waals surface area (Å²) in [6, 6.07) is 4.30. The number of likely N-dealkylation sites (tertiary alicyclic amines) is 1. The standard InChI is InChI=1S/C15H22N2O2S/c1-2-15(19)17-9-7-12(8-10-17)16-14(18)6-5-13-4-3-11-20-13/h3-4,11-12H,2,5-10H2,1H3,(H,16,18). The van der Waals surface area contributed by atoms with E-state index in [1.807, 2.05) is 23.3 Å². The van der Waals surface area contributed by atoms with Crippen LogP contribution in [0.2, 0.25) is 0 Å². The Morgan fingerprint density at radius 1 is 1.40 bits per heavy atom. The van der Waals surface area contributed by atoms with Gasteiger partial charge in [-0.2, -0.15) is 0 Å². The molecule has 0 spiro atoms. The molecule has 0 bridgehead atoms. The van der Waals surface area contributed by atoms with Gasteiger partial charge in [0.15, 0.2) is 0 Å². The van der Waals surface area contributed by atoms with Crippen molar-refractivity contribution in [2.45, 2.75) is 45.1 Å². The lowest BCUT2D eigenvalue weighted by Crippen LogP contribution is -2.46. The van der Waals surface area contributed by atoms with Gasteiger partial charge in [-0.3, -0.25) is 9.59 Å². The Morgan fingerprint density at radius 3 is 2.75 bits per heavy atom. The number of carbonyl (C=O) groups is 2. The average molecular weight is 294 g/mol. The normalized spacial score (nSPS) is 16.1. The van der Waals surface area contributed by atoms with E-state index in [4.69, 9.17) is 0 Å². The van der Waals surface area contributed by atoms with Crippen molar-refractivity contribution < 1.29 is 9.59 Å². The van der Waals surface area contributed by atoms with Gasteiger partial charge in [-0.15, -0.1) is 11.3 Å². The van der Waals surface area contributed by atoms with E-state index < -0.39 is 0 Å². The molecule has 0 unspecified atom stereocenters. The van der Waals surface area contributed by atoms with Gasteiger partial charge in [-0.1, -0.05) is 13.0 Å². The van der Waals surface area contributed by atoms with E-state index in [0.717, 1.165) is 32.4 Å². The Hall–Kier alpha value is -1.36. The van der Waals surface area contributed by atoms with Crippen molar-refractivity contribution in [2.24, 2.45) is 0 Å². The SMILES string of the molecule is CCC(=O)N1CCC(NC(=O)CCc2cccs2)CC1. The lowest BCUT2D eigenvalue weighted by Gasteiger charge is -2.32. The summed E-state index contributed by atoms with van der Waals surface area (Å²) in [4.78, 5) is 26.6. The summed E-state index contributed by atoms with van der Waals surface area (Å²) in [7, 11) is 0. The molecule has 1 N–H and O–H groups in total. The van der Waals surface area contributed by atoms with E-state index >= 15 is 0 Å². The first kappa shape index (κ1) is 15.0. The summed E-state index contributed by atoms with van der Waals surface area (Å²) in [6.07, 6.45) is 3.68. The molecular formula is C15H22N2O2S. The fourth-order valence-electron chi connectivity index (χ4n) is 2.49. The number of hydrogen-bond donors (Lipinski definition) is 1. The van der Waals surface area contributed by atoms with Crippen LogP contribution in [0, 0.1) is 0 Å². The molecule has 0 aliphatic carbocycles. The second-order valence-corrected chi connectivity index (χ2v) is 6.19. The van der Waals surface area contributed by atoms with Crippen LogP contribution in [0.25, 0.3) is 0 Å². The first-order chi connectivity index (χ1) is 9.69. The van der Waals surface area contributed by atoms with Crippen LogP contribution in [-0.4, -0.2) is 35.8 Å². The highest BCUT2D eigenvalue weighted by Crippen LogP contribution is 2.13. The second kappa shape index (κ2) is 7.43. The second-order valence-electron chi connectivity index (χ2n) is 5.16. The number of aryl methyl sites for hydroxylation is 1. The van der Waals surface area contributed by atoms with Crippen LogP contribution in [0.5, 0.6) is 0 Å². The number of rotatable bonds is 5. The molecule has 2 rings (SSSR count). The molecule has 1 saturated heterocycles. The maximum absolute atomic E-state index is 11.9. The van der Waals surface area contributed by atoms with Gasteiger partial charge in [-0.25, -0.2) is 0 Å². The summed E-state index contributed by atoms with van der Waals surface area (Å²) < 4.78 is 0. The zero-order valence-corrected chi connectivity index (χ0v) is 12.7. The Balaban J connectivity index is 1.67. The van der Waals surface area contributed by atoms with E-state index in [1.54, 1.807) is 11.3 Å².